The molecule has 0 amide bonds. The Morgan fingerprint density at radius 2 is 1.83 bits per heavy atom. The molecule has 0 unspecified atom stereocenters. The lowest BCUT2D eigenvalue weighted by atomic mass is 10.2. The molecule has 1 aromatic rings. The zero-order valence-electron chi connectivity index (χ0n) is 8.22. The molecule has 1 heteroatoms. The molecule has 0 saturated carbocycles. The number of hydrogen-bond acceptors (Lipinski definition) is 1. The average Bonchev–Trinajstić information content (AvgIpc) is 1.94. The molecule has 0 spiro atoms. The van der Waals surface area contributed by atoms with Crippen molar-refractivity contribution in [2.45, 2.75) is 37.8 Å². The molecule has 0 radical (unpaired) electrons. The summed E-state index contributed by atoms with van der Waals surface area (Å²) in [5.41, 5.74) is 2.74. The van der Waals surface area contributed by atoms with E-state index in [1.165, 1.54) is 16.0 Å². The van der Waals surface area contributed by atoms with Gasteiger partial charge < -0.3 is 0 Å². The first-order chi connectivity index (χ1) is 5.59. The number of aryl methyl sites for hydroxylation is 2. The molecule has 0 N–H and O–H groups in total. The van der Waals surface area contributed by atoms with Crippen molar-refractivity contribution in [2.75, 3.05) is 0 Å². The Morgan fingerprint density at radius 1 is 1.17 bits per heavy atom. The molecule has 12 heavy (non-hydrogen) atoms. The Kier molecular flexibility index (Phi) is 3.21. The van der Waals surface area contributed by atoms with Gasteiger partial charge in [-0.05, 0) is 25.5 Å². The summed E-state index contributed by atoms with van der Waals surface area (Å²) in [6.07, 6.45) is 0. The van der Waals surface area contributed by atoms with Gasteiger partial charge in [0, 0.05) is 10.1 Å². The lowest BCUT2D eigenvalue weighted by Crippen LogP contribution is -1.88. The fourth-order valence-electron chi connectivity index (χ4n) is 1.19. The molecular weight excluding hydrogens is 164 g/mol. The van der Waals surface area contributed by atoms with Crippen LogP contribution in [0.25, 0.3) is 0 Å². The van der Waals surface area contributed by atoms with Crippen molar-refractivity contribution >= 4 is 11.8 Å². The summed E-state index contributed by atoms with van der Waals surface area (Å²) in [5.74, 6) is 0. The smallest absolute Gasteiger partial charge is 0.0104 e. The van der Waals surface area contributed by atoms with Crippen molar-refractivity contribution in [1.29, 1.82) is 0 Å². The van der Waals surface area contributed by atoms with E-state index in [2.05, 4.69) is 45.9 Å². The normalized spacial score (nSPS) is 10.8. The van der Waals surface area contributed by atoms with E-state index in [4.69, 9.17) is 0 Å². The Hall–Kier alpha value is -0.430. The molecule has 0 heterocycles. The van der Waals surface area contributed by atoms with Crippen molar-refractivity contribution in [3.63, 3.8) is 0 Å². The summed E-state index contributed by atoms with van der Waals surface area (Å²) < 4.78 is 0. The highest BCUT2D eigenvalue weighted by Crippen LogP contribution is 2.26. The van der Waals surface area contributed by atoms with Gasteiger partial charge in [0.15, 0.2) is 0 Å². The third-order valence-corrected chi connectivity index (χ3v) is 2.88. The van der Waals surface area contributed by atoms with Crippen LogP contribution in [0.3, 0.4) is 0 Å². The predicted octanol–water partition coefficient (Wildman–Crippen LogP) is 3.80. The van der Waals surface area contributed by atoms with Gasteiger partial charge in [-0.3, -0.25) is 0 Å². The molecule has 0 aliphatic rings. The lowest BCUT2D eigenvalue weighted by molar-refractivity contribution is 1.10. The number of hydrogen-bond donors (Lipinski definition) is 0. The number of benzene rings is 1. The predicted molar refractivity (Wildman–Crippen MR) is 56.9 cm³/mol. The fourth-order valence-corrected chi connectivity index (χ4v) is 2.08. The summed E-state index contributed by atoms with van der Waals surface area (Å²) in [7, 11) is 0. The molecule has 66 valence electrons. The summed E-state index contributed by atoms with van der Waals surface area (Å²) in [5, 5.41) is 0.673. The third-order valence-electron chi connectivity index (χ3n) is 1.69. The number of thioether (sulfide) groups is 1. The summed E-state index contributed by atoms with van der Waals surface area (Å²) in [6.45, 7) is 8.77. The molecule has 0 atom stereocenters. The van der Waals surface area contributed by atoms with Crippen molar-refractivity contribution in [3.8, 4) is 0 Å². The van der Waals surface area contributed by atoms with E-state index in [0.29, 0.717) is 5.25 Å². The third kappa shape index (κ3) is 2.56. The van der Waals surface area contributed by atoms with Crippen LogP contribution in [0.5, 0.6) is 0 Å². The highest BCUT2D eigenvalue weighted by molar-refractivity contribution is 8.00. The summed E-state index contributed by atoms with van der Waals surface area (Å²) in [6, 6.07) is 6.64. The van der Waals surface area contributed by atoms with Crippen LogP contribution in [0.4, 0.5) is 0 Å². The second-order valence-corrected chi connectivity index (χ2v) is 5.05. The molecule has 1 aromatic carbocycles. The first-order valence-electron chi connectivity index (χ1n) is 4.33. The van der Waals surface area contributed by atoms with Crippen molar-refractivity contribution < 1.29 is 0 Å². The molecule has 0 bridgehead atoms. The minimum Gasteiger partial charge on any atom is -0.123 e. The van der Waals surface area contributed by atoms with Crippen LogP contribution >= 0.6 is 11.8 Å². The van der Waals surface area contributed by atoms with E-state index in [9.17, 15) is 0 Å². The van der Waals surface area contributed by atoms with Gasteiger partial charge in [-0.1, -0.05) is 31.5 Å². The van der Waals surface area contributed by atoms with E-state index in [1.807, 2.05) is 11.8 Å². The van der Waals surface area contributed by atoms with E-state index >= 15 is 0 Å². The molecule has 0 aliphatic carbocycles. The number of rotatable bonds is 2. The Balaban J connectivity index is 2.86. The molecule has 0 nitrogen and oxygen atoms in total. The maximum absolute atomic E-state index is 2.24. The molecule has 0 saturated heterocycles. The minimum absolute atomic E-state index is 0.673. The van der Waals surface area contributed by atoms with Crippen LogP contribution < -0.4 is 0 Å². The zero-order chi connectivity index (χ0) is 9.14. The van der Waals surface area contributed by atoms with Gasteiger partial charge in [0.2, 0.25) is 0 Å². The van der Waals surface area contributed by atoms with Gasteiger partial charge in [0.25, 0.3) is 0 Å². The first-order valence-corrected chi connectivity index (χ1v) is 5.21. The second kappa shape index (κ2) is 3.99. The maximum atomic E-state index is 2.24. The second-order valence-electron chi connectivity index (χ2n) is 3.44. The van der Waals surface area contributed by atoms with Crippen molar-refractivity contribution in [1.82, 2.24) is 0 Å². The van der Waals surface area contributed by atoms with Gasteiger partial charge in [0.1, 0.15) is 0 Å². The lowest BCUT2D eigenvalue weighted by Gasteiger charge is -2.08. The van der Waals surface area contributed by atoms with Crippen LogP contribution in [-0.2, 0) is 0 Å². The van der Waals surface area contributed by atoms with E-state index in [0.717, 1.165) is 0 Å². The Labute approximate surface area is 79.4 Å². The average molecular weight is 180 g/mol. The fraction of sp³-hybridized carbons (Fsp3) is 0.455. The van der Waals surface area contributed by atoms with Gasteiger partial charge in [-0.2, -0.15) is 0 Å². The van der Waals surface area contributed by atoms with Crippen LogP contribution in [0.2, 0.25) is 0 Å². The Bertz CT molecular complexity index is 264. The van der Waals surface area contributed by atoms with Gasteiger partial charge >= 0.3 is 0 Å². The van der Waals surface area contributed by atoms with Crippen molar-refractivity contribution in [2.24, 2.45) is 0 Å². The quantitative estimate of drug-likeness (QED) is 0.624. The highest BCUT2D eigenvalue weighted by atomic mass is 32.2. The van der Waals surface area contributed by atoms with Crippen LogP contribution in [0.1, 0.15) is 25.0 Å². The molecule has 0 aromatic heterocycles. The molecule has 0 fully saturated rings. The Morgan fingerprint density at radius 3 is 2.33 bits per heavy atom. The molecular formula is C11H16S. The van der Waals surface area contributed by atoms with Gasteiger partial charge in [-0.25, -0.2) is 0 Å². The highest BCUT2D eigenvalue weighted by Gasteiger charge is 2.01. The molecule has 1 rings (SSSR count). The van der Waals surface area contributed by atoms with Crippen LogP contribution in [0.15, 0.2) is 23.1 Å². The topological polar surface area (TPSA) is 0 Å². The van der Waals surface area contributed by atoms with Crippen molar-refractivity contribution in [3.05, 3.63) is 29.3 Å². The largest absolute Gasteiger partial charge is 0.123 e. The summed E-state index contributed by atoms with van der Waals surface area (Å²) >= 11 is 1.93. The van der Waals surface area contributed by atoms with E-state index in [1.54, 1.807) is 0 Å². The van der Waals surface area contributed by atoms with E-state index in [-0.39, 0.29) is 0 Å². The monoisotopic (exact) mass is 180 g/mol. The molecule has 0 aliphatic heterocycles. The van der Waals surface area contributed by atoms with Gasteiger partial charge in [-0.15, -0.1) is 11.8 Å². The first kappa shape index (κ1) is 9.66. The van der Waals surface area contributed by atoms with E-state index < -0.39 is 0 Å². The maximum Gasteiger partial charge on any atom is 0.0104 e. The van der Waals surface area contributed by atoms with Crippen LogP contribution in [0, 0.1) is 13.8 Å². The van der Waals surface area contributed by atoms with Gasteiger partial charge in [0.05, 0.1) is 0 Å². The standard InChI is InChI=1S/C11H16S/c1-8(2)12-11-6-5-9(3)7-10(11)4/h5-8H,1-4H3. The SMILES string of the molecule is Cc1ccc(SC(C)C)c(C)c1. The van der Waals surface area contributed by atoms with Crippen LogP contribution in [-0.4, -0.2) is 5.25 Å². The summed E-state index contributed by atoms with van der Waals surface area (Å²) in [4.78, 5) is 1.41. The minimum atomic E-state index is 0.673. The zero-order valence-corrected chi connectivity index (χ0v) is 9.03.